The van der Waals surface area contributed by atoms with Crippen LogP contribution in [-0.4, -0.2) is 72.4 Å². The van der Waals surface area contributed by atoms with Crippen molar-refractivity contribution in [1.82, 2.24) is 9.80 Å². The average Bonchev–Trinajstić information content (AvgIpc) is 2.39. The third-order valence-corrected chi connectivity index (χ3v) is 4.10. The minimum absolute atomic E-state index is 0.364. The predicted molar refractivity (Wildman–Crippen MR) is 68.7 cm³/mol. The fourth-order valence-corrected chi connectivity index (χ4v) is 2.95. The Hall–Kier alpha value is -0.650. The Bertz CT molecular complexity index is 279. The summed E-state index contributed by atoms with van der Waals surface area (Å²) in [5.74, 6) is -0.705. The molecule has 0 aliphatic carbocycles. The molecular weight excluding hydrogens is 232 g/mol. The first-order valence-corrected chi connectivity index (χ1v) is 6.97. The lowest BCUT2D eigenvalue weighted by Crippen LogP contribution is -2.54. The van der Waals surface area contributed by atoms with Crippen LogP contribution in [0.3, 0.4) is 0 Å². The maximum Gasteiger partial charge on any atom is 0.320 e. The minimum Gasteiger partial charge on any atom is -0.480 e. The molecule has 2 aliphatic rings. The van der Waals surface area contributed by atoms with Gasteiger partial charge in [-0.25, -0.2) is 0 Å². The highest BCUT2D eigenvalue weighted by Gasteiger charge is 2.31. The summed E-state index contributed by atoms with van der Waals surface area (Å²) in [5.41, 5.74) is 0. The number of ether oxygens (including phenoxy) is 1. The quantitative estimate of drug-likeness (QED) is 0.800. The van der Waals surface area contributed by atoms with E-state index < -0.39 is 5.97 Å². The van der Waals surface area contributed by atoms with E-state index in [0.29, 0.717) is 6.04 Å². The van der Waals surface area contributed by atoms with E-state index in [1.807, 2.05) is 0 Å². The SMILES string of the molecule is C[C@@H](C(=O)O)N1CCCC[C@H]1CN1CCOCC1. The number of likely N-dealkylation sites (tertiary alicyclic amines) is 1. The van der Waals surface area contributed by atoms with Gasteiger partial charge in [-0.05, 0) is 26.3 Å². The molecular formula is C13H24N2O3. The first-order chi connectivity index (χ1) is 8.68. The summed E-state index contributed by atoms with van der Waals surface area (Å²) in [5, 5.41) is 9.18. The van der Waals surface area contributed by atoms with Gasteiger partial charge < -0.3 is 9.84 Å². The van der Waals surface area contributed by atoms with Crippen molar-refractivity contribution in [2.75, 3.05) is 39.4 Å². The Kier molecular flexibility index (Phi) is 4.97. The fraction of sp³-hybridized carbons (Fsp3) is 0.923. The smallest absolute Gasteiger partial charge is 0.320 e. The van der Waals surface area contributed by atoms with Crippen LogP contribution in [0.15, 0.2) is 0 Å². The lowest BCUT2D eigenvalue weighted by Gasteiger charge is -2.41. The van der Waals surface area contributed by atoms with Crippen LogP contribution in [-0.2, 0) is 9.53 Å². The van der Waals surface area contributed by atoms with E-state index in [1.165, 1.54) is 6.42 Å². The number of carbonyl (C=O) groups is 1. The highest BCUT2D eigenvalue weighted by molar-refractivity contribution is 5.72. The number of rotatable bonds is 4. The largest absolute Gasteiger partial charge is 0.480 e. The van der Waals surface area contributed by atoms with Crippen LogP contribution < -0.4 is 0 Å². The van der Waals surface area contributed by atoms with Crippen LogP contribution in [0.2, 0.25) is 0 Å². The molecule has 0 spiro atoms. The molecule has 2 aliphatic heterocycles. The van der Waals surface area contributed by atoms with Gasteiger partial charge in [0.25, 0.3) is 0 Å². The van der Waals surface area contributed by atoms with Crippen molar-refractivity contribution >= 4 is 5.97 Å². The number of nitrogens with zero attached hydrogens (tertiary/aromatic N) is 2. The maximum absolute atomic E-state index is 11.2. The Labute approximate surface area is 109 Å². The zero-order valence-electron chi connectivity index (χ0n) is 11.2. The first-order valence-electron chi connectivity index (χ1n) is 6.97. The Morgan fingerprint density at radius 1 is 1.33 bits per heavy atom. The number of carboxylic acids is 1. The van der Waals surface area contributed by atoms with Crippen LogP contribution in [0, 0.1) is 0 Å². The zero-order valence-corrected chi connectivity index (χ0v) is 11.2. The molecule has 1 N–H and O–H groups in total. The highest BCUT2D eigenvalue weighted by atomic mass is 16.5. The predicted octanol–water partition coefficient (Wildman–Crippen LogP) is 0.646. The molecule has 0 aromatic rings. The summed E-state index contributed by atoms with van der Waals surface area (Å²) in [6, 6.07) is 0.0271. The lowest BCUT2D eigenvalue weighted by molar-refractivity contribution is -0.144. The maximum atomic E-state index is 11.2. The topological polar surface area (TPSA) is 53.0 Å². The van der Waals surface area contributed by atoms with Crippen LogP contribution >= 0.6 is 0 Å². The second-order valence-corrected chi connectivity index (χ2v) is 5.31. The molecule has 18 heavy (non-hydrogen) atoms. The molecule has 2 rings (SSSR count). The van der Waals surface area contributed by atoms with E-state index >= 15 is 0 Å². The molecule has 5 heteroatoms. The molecule has 0 radical (unpaired) electrons. The second-order valence-electron chi connectivity index (χ2n) is 5.31. The molecule has 0 aromatic carbocycles. The number of morpholine rings is 1. The number of hydrogen-bond donors (Lipinski definition) is 1. The van der Waals surface area contributed by atoms with Gasteiger partial charge in [-0.2, -0.15) is 0 Å². The summed E-state index contributed by atoms with van der Waals surface area (Å²) in [7, 11) is 0. The molecule has 5 nitrogen and oxygen atoms in total. The molecule has 104 valence electrons. The molecule has 0 bridgehead atoms. The van der Waals surface area contributed by atoms with Crippen LogP contribution in [0.5, 0.6) is 0 Å². The van der Waals surface area contributed by atoms with Crippen molar-refractivity contribution in [3.8, 4) is 0 Å². The molecule has 0 unspecified atom stereocenters. The van der Waals surface area contributed by atoms with Crippen molar-refractivity contribution in [3.05, 3.63) is 0 Å². The van der Waals surface area contributed by atoms with Gasteiger partial charge in [0.1, 0.15) is 6.04 Å². The second kappa shape index (κ2) is 6.50. The number of carboxylic acid groups (broad SMARTS) is 1. The summed E-state index contributed by atoms with van der Waals surface area (Å²) in [4.78, 5) is 15.7. The monoisotopic (exact) mass is 256 g/mol. The number of piperidine rings is 1. The van der Waals surface area contributed by atoms with Gasteiger partial charge in [0.05, 0.1) is 13.2 Å². The van der Waals surface area contributed by atoms with Crippen LogP contribution in [0.1, 0.15) is 26.2 Å². The van der Waals surface area contributed by atoms with Gasteiger partial charge in [0, 0.05) is 25.7 Å². The third-order valence-electron chi connectivity index (χ3n) is 4.10. The van der Waals surface area contributed by atoms with Crippen molar-refractivity contribution in [3.63, 3.8) is 0 Å². The summed E-state index contributed by atoms with van der Waals surface area (Å²) in [6.45, 7) is 7.28. The van der Waals surface area contributed by atoms with Gasteiger partial charge >= 0.3 is 5.97 Å². The lowest BCUT2D eigenvalue weighted by atomic mass is 9.99. The standard InChI is InChI=1S/C13H24N2O3/c1-11(13(16)17)15-5-3-2-4-12(15)10-14-6-8-18-9-7-14/h11-12H,2-10H2,1H3,(H,16,17)/t11-,12-/m0/s1. The molecule has 0 saturated carbocycles. The first kappa shape index (κ1) is 13.8. The van der Waals surface area contributed by atoms with Crippen molar-refractivity contribution in [2.24, 2.45) is 0 Å². The molecule has 0 aromatic heterocycles. The van der Waals surface area contributed by atoms with E-state index in [-0.39, 0.29) is 6.04 Å². The Balaban J connectivity index is 1.92. The van der Waals surface area contributed by atoms with E-state index in [9.17, 15) is 9.90 Å². The van der Waals surface area contributed by atoms with Crippen LogP contribution in [0.25, 0.3) is 0 Å². The summed E-state index contributed by atoms with van der Waals surface area (Å²) < 4.78 is 5.35. The Morgan fingerprint density at radius 3 is 2.72 bits per heavy atom. The average molecular weight is 256 g/mol. The van der Waals surface area contributed by atoms with Gasteiger partial charge in [-0.3, -0.25) is 14.6 Å². The van der Waals surface area contributed by atoms with Crippen molar-refractivity contribution in [2.45, 2.75) is 38.3 Å². The van der Waals surface area contributed by atoms with E-state index in [1.54, 1.807) is 6.92 Å². The Morgan fingerprint density at radius 2 is 2.06 bits per heavy atom. The summed E-state index contributed by atoms with van der Waals surface area (Å²) >= 11 is 0. The normalized spacial score (nSPS) is 29.1. The molecule has 2 atom stereocenters. The molecule has 0 amide bonds. The fourth-order valence-electron chi connectivity index (χ4n) is 2.95. The van der Waals surface area contributed by atoms with Crippen LogP contribution in [0.4, 0.5) is 0 Å². The minimum atomic E-state index is -0.705. The number of aliphatic carboxylic acids is 1. The highest BCUT2D eigenvalue weighted by Crippen LogP contribution is 2.21. The van der Waals surface area contributed by atoms with Crippen molar-refractivity contribution in [1.29, 1.82) is 0 Å². The third kappa shape index (κ3) is 3.43. The molecule has 2 heterocycles. The van der Waals surface area contributed by atoms with E-state index in [4.69, 9.17) is 4.74 Å². The van der Waals surface area contributed by atoms with E-state index in [2.05, 4.69) is 9.80 Å². The number of hydrogen-bond acceptors (Lipinski definition) is 4. The van der Waals surface area contributed by atoms with Gasteiger partial charge in [0.2, 0.25) is 0 Å². The van der Waals surface area contributed by atoms with Gasteiger partial charge in [0.15, 0.2) is 0 Å². The molecule has 2 saturated heterocycles. The van der Waals surface area contributed by atoms with E-state index in [0.717, 1.165) is 52.2 Å². The molecule has 2 fully saturated rings. The van der Waals surface area contributed by atoms with Crippen molar-refractivity contribution < 1.29 is 14.6 Å². The van der Waals surface area contributed by atoms with Gasteiger partial charge in [-0.1, -0.05) is 6.42 Å². The summed E-state index contributed by atoms with van der Waals surface area (Å²) in [6.07, 6.45) is 3.46. The van der Waals surface area contributed by atoms with Gasteiger partial charge in [-0.15, -0.1) is 0 Å². The zero-order chi connectivity index (χ0) is 13.0.